The Balaban J connectivity index is 1.60. The van der Waals surface area contributed by atoms with Gasteiger partial charge >= 0.3 is 0 Å². The number of hydrogen-bond donors (Lipinski definition) is 0. The molecule has 0 radical (unpaired) electrons. The Morgan fingerprint density at radius 3 is 2.67 bits per heavy atom. The average Bonchev–Trinajstić information content (AvgIpc) is 3.08. The molecule has 0 N–H and O–H groups in total. The molecule has 1 aromatic carbocycles. The minimum absolute atomic E-state index is 0.545. The molecule has 0 atom stereocenters. The van der Waals surface area contributed by atoms with Crippen LogP contribution in [0.1, 0.15) is 37.4 Å². The number of nitrogens with zero attached hydrogens (tertiary/aromatic N) is 2. The van der Waals surface area contributed by atoms with Gasteiger partial charge in [0.05, 0.1) is 11.7 Å². The van der Waals surface area contributed by atoms with Crippen molar-refractivity contribution in [3.63, 3.8) is 0 Å². The van der Waals surface area contributed by atoms with E-state index in [1.54, 1.807) is 0 Å². The van der Waals surface area contributed by atoms with Crippen LogP contribution in [0.4, 0.5) is 0 Å². The van der Waals surface area contributed by atoms with E-state index in [-0.39, 0.29) is 0 Å². The van der Waals surface area contributed by atoms with Crippen molar-refractivity contribution in [1.29, 1.82) is 0 Å². The number of ether oxygens (including phenoxy) is 1. The number of para-hydroxylation sites is 1. The first-order chi connectivity index (χ1) is 8.92. The van der Waals surface area contributed by atoms with Gasteiger partial charge in [-0.3, -0.25) is 4.68 Å². The number of benzene rings is 1. The molecule has 1 heterocycles. The van der Waals surface area contributed by atoms with Gasteiger partial charge in [0.15, 0.2) is 0 Å². The molecule has 0 amide bonds. The maximum absolute atomic E-state index is 5.69. The van der Waals surface area contributed by atoms with Crippen LogP contribution in [0.3, 0.4) is 0 Å². The summed E-state index contributed by atoms with van der Waals surface area (Å²) in [5.74, 6) is 0.896. The van der Waals surface area contributed by atoms with Gasteiger partial charge in [-0.25, -0.2) is 0 Å². The van der Waals surface area contributed by atoms with Crippen LogP contribution in [0.2, 0.25) is 0 Å². The molecule has 0 saturated heterocycles. The predicted molar refractivity (Wildman–Crippen MR) is 70.5 cm³/mol. The van der Waals surface area contributed by atoms with E-state index < -0.39 is 0 Å². The first kappa shape index (κ1) is 11.3. The Morgan fingerprint density at radius 2 is 1.89 bits per heavy atom. The van der Waals surface area contributed by atoms with Gasteiger partial charge in [-0.2, -0.15) is 5.10 Å². The van der Waals surface area contributed by atoms with Crippen LogP contribution in [-0.2, 0) is 6.61 Å². The lowest BCUT2D eigenvalue weighted by atomic mass is 10.3. The van der Waals surface area contributed by atoms with Crippen LogP contribution < -0.4 is 4.74 Å². The Hall–Kier alpha value is -1.77. The molecule has 1 aliphatic rings. The van der Waals surface area contributed by atoms with Crippen LogP contribution in [0.15, 0.2) is 42.6 Å². The lowest BCUT2D eigenvalue weighted by Gasteiger charge is -2.09. The largest absolute Gasteiger partial charge is 0.487 e. The molecule has 1 aromatic heterocycles. The van der Waals surface area contributed by atoms with Gasteiger partial charge in [0.25, 0.3) is 0 Å². The molecule has 0 spiro atoms. The highest BCUT2D eigenvalue weighted by atomic mass is 16.5. The molecule has 0 bridgehead atoms. The summed E-state index contributed by atoms with van der Waals surface area (Å²) in [7, 11) is 0. The molecule has 18 heavy (non-hydrogen) atoms. The highest BCUT2D eigenvalue weighted by Gasteiger charge is 2.17. The normalized spacial score (nSPS) is 16.0. The molecular weight excluding hydrogens is 224 g/mol. The summed E-state index contributed by atoms with van der Waals surface area (Å²) >= 11 is 0. The molecule has 1 aliphatic carbocycles. The second-order valence-corrected chi connectivity index (χ2v) is 4.83. The molecule has 3 heteroatoms. The standard InChI is InChI=1S/C15H18N2O/c1-2-8-15(9-3-1)18-12-13-10-11-17(16-13)14-6-4-5-7-14/h1-3,8-11,14H,4-7,12H2. The van der Waals surface area contributed by atoms with Crippen molar-refractivity contribution < 1.29 is 4.74 Å². The molecule has 0 aliphatic heterocycles. The second kappa shape index (κ2) is 5.25. The van der Waals surface area contributed by atoms with Gasteiger partial charge in [0.2, 0.25) is 0 Å². The van der Waals surface area contributed by atoms with Gasteiger partial charge in [-0.05, 0) is 31.0 Å². The summed E-state index contributed by atoms with van der Waals surface area (Å²) in [6, 6.07) is 12.5. The maximum atomic E-state index is 5.69. The van der Waals surface area contributed by atoms with Gasteiger partial charge in [-0.1, -0.05) is 31.0 Å². The van der Waals surface area contributed by atoms with Crippen LogP contribution in [0, 0.1) is 0 Å². The molecule has 94 valence electrons. The van der Waals surface area contributed by atoms with Crippen molar-refractivity contribution in [3.8, 4) is 5.75 Å². The first-order valence-electron chi connectivity index (χ1n) is 6.64. The van der Waals surface area contributed by atoms with Gasteiger partial charge in [0, 0.05) is 6.20 Å². The average molecular weight is 242 g/mol. The third-order valence-corrected chi connectivity index (χ3v) is 3.49. The summed E-state index contributed by atoms with van der Waals surface area (Å²) < 4.78 is 7.80. The van der Waals surface area contributed by atoms with E-state index in [2.05, 4.69) is 22.0 Å². The predicted octanol–water partition coefficient (Wildman–Crippen LogP) is 3.58. The van der Waals surface area contributed by atoms with Gasteiger partial charge < -0.3 is 4.74 Å². The zero-order valence-corrected chi connectivity index (χ0v) is 10.5. The van der Waals surface area contributed by atoms with Crippen LogP contribution in [0.25, 0.3) is 0 Å². The summed E-state index contributed by atoms with van der Waals surface area (Å²) in [6.07, 6.45) is 7.28. The molecule has 2 aromatic rings. The third kappa shape index (κ3) is 2.55. The van der Waals surface area contributed by atoms with E-state index in [4.69, 9.17) is 4.74 Å². The van der Waals surface area contributed by atoms with Crippen LogP contribution in [-0.4, -0.2) is 9.78 Å². The highest BCUT2D eigenvalue weighted by molar-refractivity contribution is 5.21. The van der Waals surface area contributed by atoms with Gasteiger partial charge in [-0.15, -0.1) is 0 Å². The van der Waals surface area contributed by atoms with Crippen LogP contribution in [0.5, 0.6) is 5.75 Å². The van der Waals surface area contributed by atoms with Crippen molar-refractivity contribution in [1.82, 2.24) is 9.78 Å². The fourth-order valence-electron chi connectivity index (χ4n) is 2.50. The third-order valence-electron chi connectivity index (χ3n) is 3.49. The molecule has 0 unspecified atom stereocenters. The van der Waals surface area contributed by atoms with E-state index in [0.717, 1.165) is 11.4 Å². The number of rotatable bonds is 4. The molecular formula is C15H18N2O. The van der Waals surface area contributed by atoms with Crippen molar-refractivity contribution in [2.45, 2.75) is 38.3 Å². The number of hydrogen-bond acceptors (Lipinski definition) is 2. The van der Waals surface area contributed by atoms with Crippen molar-refractivity contribution in [2.75, 3.05) is 0 Å². The van der Waals surface area contributed by atoms with E-state index in [1.165, 1.54) is 25.7 Å². The lowest BCUT2D eigenvalue weighted by molar-refractivity contribution is 0.298. The summed E-state index contributed by atoms with van der Waals surface area (Å²) in [6.45, 7) is 0.545. The maximum Gasteiger partial charge on any atom is 0.132 e. The number of aromatic nitrogens is 2. The fourth-order valence-corrected chi connectivity index (χ4v) is 2.50. The summed E-state index contributed by atoms with van der Waals surface area (Å²) in [5, 5.41) is 4.60. The van der Waals surface area contributed by atoms with Crippen molar-refractivity contribution in [3.05, 3.63) is 48.3 Å². The quantitative estimate of drug-likeness (QED) is 0.819. The van der Waals surface area contributed by atoms with Gasteiger partial charge in [0.1, 0.15) is 12.4 Å². The fraction of sp³-hybridized carbons (Fsp3) is 0.400. The Morgan fingerprint density at radius 1 is 1.11 bits per heavy atom. The molecule has 3 rings (SSSR count). The van der Waals surface area contributed by atoms with Crippen molar-refractivity contribution >= 4 is 0 Å². The Bertz CT molecular complexity index is 486. The Kier molecular flexibility index (Phi) is 3.31. The second-order valence-electron chi connectivity index (χ2n) is 4.83. The van der Waals surface area contributed by atoms with Crippen molar-refractivity contribution in [2.24, 2.45) is 0 Å². The highest BCUT2D eigenvalue weighted by Crippen LogP contribution is 2.28. The topological polar surface area (TPSA) is 27.1 Å². The van der Waals surface area contributed by atoms with Crippen LogP contribution >= 0.6 is 0 Å². The minimum Gasteiger partial charge on any atom is -0.487 e. The van der Waals surface area contributed by atoms with E-state index in [9.17, 15) is 0 Å². The molecule has 3 nitrogen and oxygen atoms in total. The molecule has 1 saturated carbocycles. The monoisotopic (exact) mass is 242 g/mol. The summed E-state index contributed by atoms with van der Waals surface area (Å²) in [5.41, 5.74) is 1.01. The Labute approximate surface area is 107 Å². The smallest absolute Gasteiger partial charge is 0.132 e. The molecule has 1 fully saturated rings. The van der Waals surface area contributed by atoms with E-state index in [1.807, 2.05) is 30.3 Å². The lowest BCUT2D eigenvalue weighted by Crippen LogP contribution is -2.06. The SMILES string of the molecule is c1ccc(OCc2ccn(C3CCCC3)n2)cc1. The first-order valence-corrected chi connectivity index (χ1v) is 6.64. The van der Waals surface area contributed by atoms with E-state index in [0.29, 0.717) is 12.6 Å². The summed E-state index contributed by atoms with van der Waals surface area (Å²) in [4.78, 5) is 0. The zero-order chi connectivity index (χ0) is 12.2. The minimum atomic E-state index is 0.545. The zero-order valence-electron chi connectivity index (χ0n) is 10.5. The van der Waals surface area contributed by atoms with E-state index >= 15 is 0 Å².